The average Bonchev–Trinajstić information content (AvgIpc) is 2.62. The van der Waals surface area contributed by atoms with Gasteiger partial charge in [-0.05, 0) is 48.7 Å². The standard InChI is InChI=1S/C19H21ClN2O3/c1-2-25-17-9-5-15(6-10-17)13-22-19(24)18(23)21-12-11-14-3-7-16(20)8-4-14/h3-10H,2,11-13H2,1H3,(H,21,23)(H,22,24). The summed E-state index contributed by atoms with van der Waals surface area (Å²) in [5.41, 5.74) is 1.94. The third-order valence-corrected chi connectivity index (χ3v) is 3.76. The molecule has 0 fully saturated rings. The van der Waals surface area contributed by atoms with E-state index in [9.17, 15) is 9.59 Å². The van der Waals surface area contributed by atoms with Crippen molar-refractivity contribution in [3.63, 3.8) is 0 Å². The second-order valence-corrected chi connectivity index (χ2v) is 5.83. The Morgan fingerprint density at radius 2 is 1.52 bits per heavy atom. The first-order chi connectivity index (χ1) is 12.1. The summed E-state index contributed by atoms with van der Waals surface area (Å²) in [5, 5.41) is 5.87. The Hall–Kier alpha value is -2.53. The van der Waals surface area contributed by atoms with Crippen molar-refractivity contribution in [2.45, 2.75) is 19.9 Å². The molecule has 0 spiro atoms. The van der Waals surface area contributed by atoms with Gasteiger partial charge in [-0.15, -0.1) is 0 Å². The van der Waals surface area contributed by atoms with E-state index in [0.717, 1.165) is 16.9 Å². The SMILES string of the molecule is CCOc1ccc(CNC(=O)C(=O)NCCc2ccc(Cl)cc2)cc1. The highest BCUT2D eigenvalue weighted by Gasteiger charge is 2.12. The van der Waals surface area contributed by atoms with Gasteiger partial charge in [-0.3, -0.25) is 9.59 Å². The Balaban J connectivity index is 1.70. The van der Waals surface area contributed by atoms with Gasteiger partial charge in [0.2, 0.25) is 0 Å². The number of carbonyl (C=O) groups excluding carboxylic acids is 2. The molecule has 0 saturated heterocycles. The minimum absolute atomic E-state index is 0.288. The van der Waals surface area contributed by atoms with Crippen molar-refractivity contribution in [3.05, 3.63) is 64.7 Å². The van der Waals surface area contributed by atoms with Crippen molar-refractivity contribution in [2.75, 3.05) is 13.2 Å². The number of hydrogen-bond donors (Lipinski definition) is 2. The minimum atomic E-state index is -0.648. The summed E-state index contributed by atoms with van der Waals surface area (Å²) in [5.74, 6) is -0.512. The zero-order valence-electron chi connectivity index (χ0n) is 14.0. The Bertz CT molecular complexity index is 700. The lowest BCUT2D eigenvalue weighted by atomic mass is 10.1. The largest absolute Gasteiger partial charge is 0.494 e. The molecule has 2 aromatic rings. The lowest BCUT2D eigenvalue weighted by Gasteiger charge is -2.08. The molecule has 132 valence electrons. The highest BCUT2D eigenvalue weighted by atomic mass is 35.5. The molecule has 2 rings (SSSR count). The van der Waals surface area contributed by atoms with E-state index in [1.54, 1.807) is 12.1 Å². The van der Waals surface area contributed by atoms with Crippen LogP contribution in [-0.4, -0.2) is 25.0 Å². The molecule has 2 aromatic carbocycles. The smallest absolute Gasteiger partial charge is 0.309 e. The molecule has 0 aromatic heterocycles. The monoisotopic (exact) mass is 360 g/mol. The predicted molar refractivity (Wildman–Crippen MR) is 97.6 cm³/mol. The fourth-order valence-corrected chi connectivity index (χ4v) is 2.31. The van der Waals surface area contributed by atoms with Gasteiger partial charge in [-0.1, -0.05) is 35.9 Å². The molecule has 0 heterocycles. The van der Waals surface area contributed by atoms with Crippen LogP contribution in [0.5, 0.6) is 5.75 Å². The van der Waals surface area contributed by atoms with Crippen LogP contribution in [0.2, 0.25) is 5.02 Å². The molecule has 25 heavy (non-hydrogen) atoms. The molecule has 0 unspecified atom stereocenters. The van der Waals surface area contributed by atoms with Crippen LogP contribution >= 0.6 is 11.6 Å². The van der Waals surface area contributed by atoms with Gasteiger partial charge in [0.05, 0.1) is 6.61 Å². The fourth-order valence-electron chi connectivity index (χ4n) is 2.18. The van der Waals surface area contributed by atoms with E-state index in [1.165, 1.54) is 0 Å². The van der Waals surface area contributed by atoms with E-state index in [1.807, 2.05) is 43.3 Å². The lowest BCUT2D eigenvalue weighted by molar-refractivity contribution is -0.139. The number of nitrogens with one attached hydrogen (secondary N) is 2. The maximum atomic E-state index is 11.8. The number of carbonyl (C=O) groups is 2. The second-order valence-electron chi connectivity index (χ2n) is 5.39. The number of hydrogen-bond acceptors (Lipinski definition) is 3. The zero-order chi connectivity index (χ0) is 18.1. The van der Waals surface area contributed by atoms with Crippen LogP contribution in [0.1, 0.15) is 18.1 Å². The number of ether oxygens (including phenoxy) is 1. The quantitative estimate of drug-likeness (QED) is 0.746. The highest BCUT2D eigenvalue weighted by molar-refractivity contribution is 6.35. The zero-order valence-corrected chi connectivity index (χ0v) is 14.8. The van der Waals surface area contributed by atoms with Crippen LogP contribution in [0, 0.1) is 0 Å². The molecule has 0 aliphatic carbocycles. The summed E-state index contributed by atoms with van der Waals surface area (Å²) in [6, 6.07) is 14.7. The summed E-state index contributed by atoms with van der Waals surface area (Å²) in [7, 11) is 0. The third-order valence-electron chi connectivity index (χ3n) is 3.51. The lowest BCUT2D eigenvalue weighted by Crippen LogP contribution is -2.40. The van der Waals surface area contributed by atoms with Gasteiger partial charge in [-0.25, -0.2) is 0 Å². The molecular weight excluding hydrogens is 340 g/mol. The third kappa shape index (κ3) is 6.47. The Morgan fingerprint density at radius 1 is 0.920 bits per heavy atom. The van der Waals surface area contributed by atoms with Crippen molar-refractivity contribution < 1.29 is 14.3 Å². The van der Waals surface area contributed by atoms with E-state index in [2.05, 4.69) is 10.6 Å². The summed E-state index contributed by atoms with van der Waals surface area (Å²) in [4.78, 5) is 23.6. The molecule has 2 N–H and O–H groups in total. The molecular formula is C19H21ClN2O3. The number of benzene rings is 2. The highest BCUT2D eigenvalue weighted by Crippen LogP contribution is 2.12. The van der Waals surface area contributed by atoms with Crippen LogP contribution in [0.4, 0.5) is 0 Å². The Labute approximate surface area is 152 Å². The van der Waals surface area contributed by atoms with Crippen molar-refractivity contribution in [2.24, 2.45) is 0 Å². The van der Waals surface area contributed by atoms with Crippen molar-refractivity contribution >= 4 is 23.4 Å². The summed E-state index contributed by atoms with van der Waals surface area (Å²) >= 11 is 5.82. The second kappa shape index (κ2) is 9.69. The molecule has 6 heteroatoms. The maximum Gasteiger partial charge on any atom is 0.309 e. The van der Waals surface area contributed by atoms with E-state index in [-0.39, 0.29) is 6.54 Å². The molecule has 5 nitrogen and oxygen atoms in total. The number of amides is 2. The van der Waals surface area contributed by atoms with E-state index in [0.29, 0.717) is 24.6 Å². The summed E-state index contributed by atoms with van der Waals surface area (Å²) < 4.78 is 5.35. The fraction of sp³-hybridized carbons (Fsp3) is 0.263. The first-order valence-corrected chi connectivity index (χ1v) is 8.48. The molecule has 0 aliphatic rings. The normalized spacial score (nSPS) is 10.2. The molecule has 0 saturated carbocycles. The van der Waals surface area contributed by atoms with Crippen molar-refractivity contribution in [1.29, 1.82) is 0 Å². The van der Waals surface area contributed by atoms with Gasteiger partial charge in [-0.2, -0.15) is 0 Å². The minimum Gasteiger partial charge on any atom is -0.494 e. The van der Waals surface area contributed by atoms with E-state index < -0.39 is 11.8 Å². The molecule has 0 aliphatic heterocycles. The molecule has 0 atom stereocenters. The van der Waals surface area contributed by atoms with Crippen LogP contribution < -0.4 is 15.4 Å². The van der Waals surface area contributed by atoms with Crippen LogP contribution in [0.15, 0.2) is 48.5 Å². The summed E-state index contributed by atoms with van der Waals surface area (Å²) in [6.45, 7) is 3.19. The first-order valence-electron chi connectivity index (χ1n) is 8.10. The van der Waals surface area contributed by atoms with Gasteiger partial charge >= 0.3 is 11.8 Å². The maximum absolute atomic E-state index is 11.8. The first kappa shape index (κ1) is 18.8. The van der Waals surface area contributed by atoms with Gasteiger partial charge in [0, 0.05) is 18.1 Å². The van der Waals surface area contributed by atoms with Gasteiger partial charge in [0.25, 0.3) is 0 Å². The van der Waals surface area contributed by atoms with Crippen molar-refractivity contribution in [1.82, 2.24) is 10.6 Å². The average molecular weight is 361 g/mol. The van der Waals surface area contributed by atoms with Crippen molar-refractivity contribution in [3.8, 4) is 5.75 Å². The molecule has 0 radical (unpaired) electrons. The molecule has 2 amide bonds. The Morgan fingerprint density at radius 3 is 2.16 bits per heavy atom. The van der Waals surface area contributed by atoms with Gasteiger partial charge in [0.15, 0.2) is 0 Å². The summed E-state index contributed by atoms with van der Waals surface area (Å²) in [6.07, 6.45) is 0.634. The van der Waals surface area contributed by atoms with Gasteiger partial charge < -0.3 is 15.4 Å². The number of rotatable bonds is 7. The van der Waals surface area contributed by atoms with Crippen LogP contribution in [0.25, 0.3) is 0 Å². The topological polar surface area (TPSA) is 67.4 Å². The van der Waals surface area contributed by atoms with E-state index in [4.69, 9.17) is 16.3 Å². The number of halogens is 1. The van der Waals surface area contributed by atoms with Gasteiger partial charge in [0.1, 0.15) is 5.75 Å². The van der Waals surface area contributed by atoms with Crippen LogP contribution in [-0.2, 0) is 22.6 Å². The Kier molecular flexibility index (Phi) is 7.29. The van der Waals surface area contributed by atoms with E-state index >= 15 is 0 Å². The van der Waals surface area contributed by atoms with Crippen LogP contribution in [0.3, 0.4) is 0 Å². The predicted octanol–water partition coefficient (Wildman–Crippen LogP) is 2.71. The molecule has 0 bridgehead atoms.